The molecule has 0 fully saturated rings. The number of hydrogen-bond donors (Lipinski definition) is 2. The van der Waals surface area contributed by atoms with Gasteiger partial charge in [0.25, 0.3) is 17.0 Å². The van der Waals surface area contributed by atoms with E-state index in [-0.39, 0.29) is 10.8 Å². The van der Waals surface area contributed by atoms with Crippen LogP contribution in [0.4, 0.5) is 5.69 Å². The normalized spacial score (nSPS) is 11.6. The first-order valence-corrected chi connectivity index (χ1v) is 9.28. The lowest BCUT2D eigenvalue weighted by Crippen LogP contribution is -2.35. The van der Waals surface area contributed by atoms with Gasteiger partial charge in [-0.25, -0.2) is 4.68 Å². The first kappa shape index (κ1) is 21.6. The second-order valence-corrected chi connectivity index (χ2v) is 6.57. The summed E-state index contributed by atoms with van der Waals surface area (Å²) in [6.45, 7) is 0.840. The highest BCUT2D eigenvalue weighted by molar-refractivity contribution is 5.95. The number of anilines is 1. The van der Waals surface area contributed by atoms with Crippen LogP contribution < -0.4 is 25.9 Å². The number of amides is 1. The number of H-pyrrole nitrogens is 1. The van der Waals surface area contributed by atoms with Gasteiger partial charge >= 0.3 is 5.97 Å². The molecule has 3 rings (SSSR count). The van der Waals surface area contributed by atoms with Gasteiger partial charge in [0.15, 0.2) is 17.6 Å². The average Bonchev–Trinajstić information content (AvgIpc) is 2.77. The minimum Gasteiger partial charge on any atom is -0.493 e. The van der Waals surface area contributed by atoms with Crippen LogP contribution in [-0.4, -0.2) is 42.0 Å². The maximum absolute atomic E-state index is 12.5. The molecule has 1 atom stereocenters. The molecule has 2 N–H and O–H groups in total. The van der Waals surface area contributed by atoms with E-state index in [0.29, 0.717) is 17.2 Å². The summed E-state index contributed by atoms with van der Waals surface area (Å²) >= 11 is 0. The van der Waals surface area contributed by atoms with Gasteiger partial charge in [-0.15, -0.1) is 0 Å². The predicted molar refractivity (Wildman–Crippen MR) is 113 cm³/mol. The van der Waals surface area contributed by atoms with E-state index in [9.17, 15) is 19.2 Å². The SMILES string of the molecule is COc1ccc(NC(=O)C(C)OC(=O)Cn2[nH]c(=O)c3ccccc3c2=O)cc1OC. The van der Waals surface area contributed by atoms with Gasteiger partial charge in [-0.2, -0.15) is 0 Å². The lowest BCUT2D eigenvalue weighted by Gasteiger charge is -2.15. The van der Waals surface area contributed by atoms with Crippen molar-refractivity contribution in [2.24, 2.45) is 0 Å². The van der Waals surface area contributed by atoms with Gasteiger partial charge in [0.2, 0.25) is 0 Å². The Labute approximate surface area is 176 Å². The molecule has 1 heterocycles. The lowest BCUT2D eigenvalue weighted by atomic mass is 10.2. The zero-order valence-corrected chi connectivity index (χ0v) is 17.1. The smallest absolute Gasteiger partial charge is 0.328 e. The molecule has 0 aliphatic rings. The zero-order chi connectivity index (χ0) is 22.5. The fraction of sp³-hybridized carbons (Fsp3) is 0.238. The number of carbonyl (C=O) groups is 2. The number of benzene rings is 2. The minimum atomic E-state index is -1.15. The lowest BCUT2D eigenvalue weighted by molar-refractivity contribution is -0.154. The van der Waals surface area contributed by atoms with Gasteiger partial charge in [-0.05, 0) is 31.2 Å². The number of fused-ring (bicyclic) bond motifs is 1. The molecule has 0 aliphatic carbocycles. The van der Waals surface area contributed by atoms with Crippen LogP contribution >= 0.6 is 0 Å². The van der Waals surface area contributed by atoms with Crippen molar-refractivity contribution in [2.75, 3.05) is 19.5 Å². The third kappa shape index (κ3) is 4.74. The largest absolute Gasteiger partial charge is 0.493 e. The van der Waals surface area contributed by atoms with E-state index < -0.39 is 35.6 Å². The molecule has 3 aromatic rings. The Morgan fingerprint density at radius 2 is 1.71 bits per heavy atom. The van der Waals surface area contributed by atoms with Crippen LogP contribution in [-0.2, 0) is 20.9 Å². The number of ether oxygens (including phenoxy) is 3. The maximum Gasteiger partial charge on any atom is 0.328 e. The third-order valence-electron chi connectivity index (χ3n) is 4.50. The minimum absolute atomic E-state index is 0.179. The molecule has 0 saturated heterocycles. The average molecular weight is 427 g/mol. The Morgan fingerprint density at radius 3 is 2.39 bits per heavy atom. The number of nitrogens with zero attached hydrogens (tertiary/aromatic N) is 1. The standard InChI is InChI=1S/C21H21N3O7/c1-12(19(26)22-13-8-9-16(29-2)17(10-13)30-3)31-18(25)11-24-21(28)15-7-5-4-6-14(15)20(27)23-24/h4-10,12H,11H2,1-3H3,(H,22,26)(H,23,27). The van der Waals surface area contributed by atoms with Crippen molar-refractivity contribution in [1.82, 2.24) is 9.78 Å². The Bertz CT molecular complexity index is 1250. The van der Waals surface area contributed by atoms with Crippen molar-refractivity contribution < 1.29 is 23.8 Å². The molecule has 31 heavy (non-hydrogen) atoms. The fourth-order valence-electron chi connectivity index (χ4n) is 2.93. The topological polar surface area (TPSA) is 129 Å². The molecule has 10 nitrogen and oxygen atoms in total. The van der Waals surface area contributed by atoms with E-state index in [1.54, 1.807) is 30.3 Å². The second kappa shape index (κ2) is 9.16. The Morgan fingerprint density at radius 1 is 1.03 bits per heavy atom. The van der Waals surface area contributed by atoms with Gasteiger partial charge in [-0.3, -0.25) is 24.3 Å². The van der Waals surface area contributed by atoms with Crippen LogP contribution in [0.5, 0.6) is 11.5 Å². The van der Waals surface area contributed by atoms with Crippen molar-refractivity contribution >= 4 is 28.3 Å². The summed E-state index contributed by atoms with van der Waals surface area (Å²) in [5, 5.41) is 5.34. The maximum atomic E-state index is 12.5. The van der Waals surface area contributed by atoms with Crippen molar-refractivity contribution in [2.45, 2.75) is 19.6 Å². The number of hydrogen-bond acceptors (Lipinski definition) is 7. The summed E-state index contributed by atoms with van der Waals surface area (Å²) in [5.41, 5.74) is -0.641. The van der Waals surface area contributed by atoms with Gasteiger partial charge in [0.05, 0.1) is 25.0 Å². The first-order chi connectivity index (χ1) is 14.8. The van der Waals surface area contributed by atoms with Gasteiger partial charge in [0, 0.05) is 11.8 Å². The van der Waals surface area contributed by atoms with Crippen molar-refractivity contribution in [3.8, 4) is 11.5 Å². The summed E-state index contributed by atoms with van der Waals surface area (Å²) in [5.74, 6) is -0.526. The van der Waals surface area contributed by atoms with Crippen LogP contribution in [0.15, 0.2) is 52.1 Å². The highest BCUT2D eigenvalue weighted by atomic mass is 16.5. The number of nitrogens with one attached hydrogen (secondary N) is 2. The van der Waals surface area contributed by atoms with Crippen LogP contribution in [0, 0.1) is 0 Å². The second-order valence-electron chi connectivity index (χ2n) is 6.57. The zero-order valence-electron chi connectivity index (χ0n) is 17.1. The first-order valence-electron chi connectivity index (χ1n) is 9.28. The van der Waals surface area contributed by atoms with Crippen molar-refractivity contribution in [1.29, 1.82) is 0 Å². The molecule has 0 bridgehead atoms. The van der Waals surface area contributed by atoms with Gasteiger partial charge in [0.1, 0.15) is 6.54 Å². The predicted octanol–water partition coefficient (Wildman–Crippen LogP) is 1.28. The number of rotatable bonds is 7. The Balaban J connectivity index is 1.68. The molecule has 1 unspecified atom stereocenters. The molecule has 1 aromatic heterocycles. The highest BCUT2D eigenvalue weighted by Crippen LogP contribution is 2.29. The van der Waals surface area contributed by atoms with Crippen molar-refractivity contribution in [3.63, 3.8) is 0 Å². The number of methoxy groups -OCH3 is 2. The third-order valence-corrected chi connectivity index (χ3v) is 4.50. The quantitative estimate of drug-likeness (QED) is 0.544. The van der Waals surface area contributed by atoms with Crippen molar-refractivity contribution in [3.05, 3.63) is 63.2 Å². The molecule has 0 aliphatic heterocycles. The molecule has 162 valence electrons. The molecule has 10 heteroatoms. The van der Waals surface area contributed by atoms with Crippen LogP contribution in [0.2, 0.25) is 0 Å². The number of carbonyl (C=O) groups excluding carboxylic acids is 2. The molecule has 0 saturated carbocycles. The van der Waals surface area contributed by atoms with Crippen LogP contribution in [0.3, 0.4) is 0 Å². The van der Waals surface area contributed by atoms with E-state index in [4.69, 9.17) is 14.2 Å². The van der Waals surface area contributed by atoms with Crippen LogP contribution in [0.25, 0.3) is 10.8 Å². The van der Waals surface area contributed by atoms with Gasteiger partial charge < -0.3 is 19.5 Å². The summed E-state index contributed by atoms with van der Waals surface area (Å²) in [6.07, 6.45) is -1.15. The highest BCUT2D eigenvalue weighted by Gasteiger charge is 2.20. The van der Waals surface area contributed by atoms with E-state index in [2.05, 4.69) is 10.4 Å². The fourth-order valence-corrected chi connectivity index (χ4v) is 2.93. The van der Waals surface area contributed by atoms with E-state index in [1.165, 1.54) is 33.3 Å². The molecular formula is C21H21N3O7. The molecule has 2 aromatic carbocycles. The molecule has 1 amide bonds. The number of esters is 1. The summed E-state index contributed by atoms with van der Waals surface area (Å²) in [7, 11) is 2.96. The Hall–Kier alpha value is -4.08. The van der Waals surface area contributed by atoms with E-state index in [0.717, 1.165) is 4.68 Å². The van der Waals surface area contributed by atoms with E-state index >= 15 is 0 Å². The molecular weight excluding hydrogens is 406 g/mol. The summed E-state index contributed by atoms with van der Waals surface area (Å²) < 4.78 is 16.3. The molecule has 0 spiro atoms. The number of aromatic amines is 1. The summed E-state index contributed by atoms with van der Waals surface area (Å²) in [6, 6.07) is 11.0. The van der Waals surface area contributed by atoms with Gasteiger partial charge in [-0.1, -0.05) is 12.1 Å². The van der Waals surface area contributed by atoms with Crippen LogP contribution in [0.1, 0.15) is 6.92 Å². The molecule has 0 radical (unpaired) electrons. The number of aromatic nitrogens is 2. The monoisotopic (exact) mass is 427 g/mol. The Kier molecular flexibility index (Phi) is 6.39. The van der Waals surface area contributed by atoms with E-state index in [1.807, 2.05) is 0 Å². The summed E-state index contributed by atoms with van der Waals surface area (Å²) in [4.78, 5) is 49.2.